The lowest BCUT2D eigenvalue weighted by Gasteiger charge is -2.06. The van der Waals surface area contributed by atoms with Gasteiger partial charge in [0, 0.05) is 16.9 Å². The Kier molecular flexibility index (Phi) is 6.48. The maximum absolute atomic E-state index is 11.8. The minimum atomic E-state index is -3.38. The summed E-state index contributed by atoms with van der Waals surface area (Å²) in [5, 5.41) is 1.48. The normalized spacial score (nSPS) is 11.6. The third kappa shape index (κ3) is 5.38. The maximum Gasteiger partial charge on any atom is 0.240 e. The molecule has 1 rings (SSSR count). The van der Waals surface area contributed by atoms with Crippen molar-refractivity contribution < 1.29 is 8.42 Å². The molecule has 0 saturated heterocycles. The molecule has 3 nitrogen and oxygen atoms in total. The van der Waals surface area contributed by atoms with Crippen LogP contribution in [0.25, 0.3) is 0 Å². The minimum Gasteiger partial charge on any atom is -0.211 e. The number of unbranched alkanes of at least 4 members (excludes halogenated alkanes) is 2. The number of rotatable bonds is 7. The lowest BCUT2D eigenvalue weighted by atomic mass is 10.3. The first-order valence-corrected chi connectivity index (χ1v) is 8.36. The Morgan fingerprint density at radius 2 is 1.76 bits per heavy atom. The summed E-state index contributed by atoms with van der Waals surface area (Å²) in [5.74, 6) is 0. The van der Waals surface area contributed by atoms with Crippen LogP contribution in [0.3, 0.4) is 0 Å². The molecule has 0 heterocycles. The van der Waals surface area contributed by atoms with Crippen LogP contribution in [0.4, 0.5) is 0 Å². The Hall–Kier alpha value is -0.100. The molecule has 0 radical (unpaired) electrons. The zero-order chi connectivity index (χ0) is 12.7. The van der Waals surface area contributed by atoms with E-state index in [1.54, 1.807) is 12.1 Å². The Balaban J connectivity index is 2.48. The van der Waals surface area contributed by atoms with E-state index in [9.17, 15) is 8.42 Å². The summed E-state index contributed by atoms with van der Waals surface area (Å²) in [6.07, 6.45) is 2.91. The summed E-state index contributed by atoms with van der Waals surface area (Å²) in [6, 6.07) is 6.15. The van der Waals surface area contributed by atoms with E-state index in [1.807, 2.05) is 0 Å². The van der Waals surface area contributed by atoms with Gasteiger partial charge in [-0.05, 0) is 37.1 Å². The van der Waals surface area contributed by atoms with Crippen LogP contribution in [0.2, 0.25) is 5.02 Å². The molecular weight excluding hydrogens is 326 g/mol. The van der Waals surface area contributed by atoms with Crippen molar-refractivity contribution in [2.45, 2.75) is 24.2 Å². The molecule has 0 aliphatic rings. The molecule has 0 fully saturated rings. The number of benzene rings is 1. The van der Waals surface area contributed by atoms with E-state index in [-0.39, 0.29) is 4.90 Å². The van der Waals surface area contributed by atoms with Crippen LogP contribution in [-0.4, -0.2) is 20.3 Å². The van der Waals surface area contributed by atoms with Crippen LogP contribution in [0.5, 0.6) is 0 Å². The lowest BCUT2D eigenvalue weighted by molar-refractivity contribution is 0.576. The van der Waals surface area contributed by atoms with E-state index in [4.69, 9.17) is 11.6 Å². The molecule has 0 aliphatic carbocycles. The second-order valence-corrected chi connectivity index (χ2v) is 6.60. The van der Waals surface area contributed by atoms with Crippen molar-refractivity contribution in [3.05, 3.63) is 29.3 Å². The molecule has 17 heavy (non-hydrogen) atoms. The number of sulfonamides is 1. The van der Waals surface area contributed by atoms with Gasteiger partial charge in [-0.1, -0.05) is 34.0 Å². The van der Waals surface area contributed by atoms with Crippen molar-refractivity contribution in [2.24, 2.45) is 0 Å². The molecule has 0 unspecified atom stereocenters. The average molecular weight is 341 g/mol. The van der Waals surface area contributed by atoms with Gasteiger partial charge in [-0.25, -0.2) is 13.1 Å². The largest absolute Gasteiger partial charge is 0.240 e. The van der Waals surface area contributed by atoms with Crippen molar-refractivity contribution >= 4 is 37.6 Å². The zero-order valence-corrected chi connectivity index (χ0v) is 12.5. The highest BCUT2D eigenvalue weighted by Crippen LogP contribution is 2.13. The molecule has 0 bridgehead atoms. The monoisotopic (exact) mass is 339 g/mol. The van der Waals surface area contributed by atoms with Gasteiger partial charge in [0.05, 0.1) is 4.90 Å². The summed E-state index contributed by atoms with van der Waals surface area (Å²) < 4.78 is 26.2. The predicted octanol–water partition coefficient (Wildman–Crippen LogP) is 3.18. The molecule has 1 N–H and O–H groups in total. The number of alkyl halides is 1. The van der Waals surface area contributed by atoms with Crippen LogP contribution < -0.4 is 4.72 Å². The highest BCUT2D eigenvalue weighted by atomic mass is 79.9. The highest BCUT2D eigenvalue weighted by Gasteiger charge is 2.12. The van der Waals surface area contributed by atoms with Crippen molar-refractivity contribution in [2.75, 3.05) is 11.9 Å². The Labute approximate surface area is 116 Å². The SMILES string of the molecule is O=S(=O)(NCCCCCBr)c1ccc(Cl)cc1. The fourth-order valence-corrected chi connectivity index (χ4v) is 2.90. The first-order valence-electron chi connectivity index (χ1n) is 5.37. The summed E-state index contributed by atoms with van der Waals surface area (Å²) in [4.78, 5) is 0.252. The van der Waals surface area contributed by atoms with E-state index in [0.29, 0.717) is 11.6 Å². The summed E-state index contributed by atoms with van der Waals surface area (Å²) >= 11 is 9.04. The third-order valence-electron chi connectivity index (χ3n) is 2.23. The van der Waals surface area contributed by atoms with Gasteiger partial charge < -0.3 is 0 Å². The number of hydrogen-bond acceptors (Lipinski definition) is 2. The Bertz CT molecular complexity index is 433. The van der Waals surface area contributed by atoms with Gasteiger partial charge in [0.25, 0.3) is 0 Å². The van der Waals surface area contributed by atoms with Crippen LogP contribution in [-0.2, 0) is 10.0 Å². The second kappa shape index (κ2) is 7.36. The number of halogens is 2. The maximum atomic E-state index is 11.8. The molecule has 0 atom stereocenters. The molecule has 96 valence electrons. The van der Waals surface area contributed by atoms with Gasteiger partial charge in [0.1, 0.15) is 0 Å². The summed E-state index contributed by atoms with van der Waals surface area (Å²) in [7, 11) is -3.38. The Morgan fingerprint density at radius 3 is 2.35 bits per heavy atom. The van der Waals surface area contributed by atoms with Crippen LogP contribution in [0.1, 0.15) is 19.3 Å². The van der Waals surface area contributed by atoms with E-state index >= 15 is 0 Å². The van der Waals surface area contributed by atoms with E-state index in [0.717, 1.165) is 24.6 Å². The number of nitrogens with one attached hydrogen (secondary N) is 1. The van der Waals surface area contributed by atoms with E-state index in [1.165, 1.54) is 12.1 Å². The molecule has 0 spiro atoms. The van der Waals surface area contributed by atoms with Gasteiger partial charge in [0.2, 0.25) is 10.0 Å². The fourth-order valence-electron chi connectivity index (χ4n) is 1.30. The lowest BCUT2D eigenvalue weighted by Crippen LogP contribution is -2.24. The van der Waals surface area contributed by atoms with Crippen molar-refractivity contribution in [3.63, 3.8) is 0 Å². The minimum absolute atomic E-state index is 0.252. The van der Waals surface area contributed by atoms with Crippen molar-refractivity contribution in [1.29, 1.82) is 0 Å². The van der Waals surface area contributed by atoms with Gasteiger partial charge in [-0.3, -0.25) is 0 Å². The molecule has 0 amide bonds. The molecule has 0 saturated carbocycles. The van der Waals surface area contributed by atoms with E-state index in [2.05, 4.69) is 20.7 Å². The summed E-state index contributed by atoms with van der Waals surface area (Å²) in [5.41, 5.74) is 0. The first kappa shape index (κ1) is 15.0. The van der Waals surface area contributed by atoms with Crippen molar-refractivity contribution in [1.82, 2.24) is 4.72 Å². The molecule has 1 aromatic carbocycles. The highest BCUT2D eigenvalue weighted by molar-refractivity contribution is 9.09. The fraction of sp³-hybridized carbons (Fsp3) is 0.455. The van der Waals surface area contributed by atoms with Gasteiger partial charge in [0.15, 0.2) is 0 Å². The van der Waals surface area contributed by atoms with Crippen molar-refractivity contribution in [3.8, 4) is 0 Å². The zero-order valence-electron chi connectivity index (χ0n) is 9.33. The van der Waals surface area contributed by atoms with Crippen LogP contribution in [0.15, 0.2) is 29.2 Å². The first-order chi connectivity index (χ1) is 8.06. The summed E-state index contributed by atoms with van der Waals surface area (Å²) in [6.45, 7) is 0.470. The molecular formula is C11H15BrClNO2S. The smallest absolute Gasteiger partial charge is 0.211 e. The molecule has 0 aromatic heterocycles. The van der Waals surface area contributed by atoms with Gasteiger partial charge in [-0.2, -0.15) is 0 Å². The predicted molar refractivity (Wildman–Crippen MR) is 74.3 cm³/mol. The molecule has 1 aromatic rings. The quantitative estimate of drug-likeness (QED) is 0.612. The second-order valence-electron chi connectivity index (χ2n) is 3.60. The molecule has 0 aliphatic heterocycles. The number of hydrogen-bond donors (Lipinski definition) is 1. The third-order valence-corrected chi connectivity index (χ3v) is 4.52. The van der Waals surface area contributed by atoms with Gasteiger partial charge in [-0.15, -0.1) is 0 Å². The molecule has 6 heteroatoms. The average Bonchev–Trinajstić information content (AvgIpc) is 2.29. The topological polar surface area (TPSA) is 46.2 Å². The van der Waals surface area contributed by atoms with Crippen LogP contribution >= 0.6 is 27.5 Å². The van der Waals surface area contributed by atoms with E-state index < -0.39 is 10.0 Å². The van der Waals surface area contributed by atoms with Gasteiger partial charge >= 0.3 is 0 Å². The Morgan fingerprint density at radius 1 is 1.12 bits per heavy atom. The van der Waals surface area contributed by atoms with Crippen LogP contribution in [0, 0.1) is 0 Å². The standard InChI is InChI=1S/C11H15BrClNO2S/c12-8-2-1-3-9-14-17(15,16)11-6-4-10(13)5-7-11/h4-7,14H,1-3,8-9H2.